The summed E-state index contributed by atoms with van der Waals surface area (Å²) >= 11 is 0. The summed E-state index contributed by atoms with van der Waals surface area (Å²) in [5, 5.41) is 19.1. The fourth-order valence-corrected chi connectivity index (χ4v) is 7.83. The summed E-state index contributed by atoms with van der Waals surface area (Å²) in [4.78, 5) is 0. The molecule has 0 fully saturated rings. The molecule has 0 aliphatic carbocycles. The highest BCUT2D eigenvalue weighted by Crippen LogP contribution is 2.41. The lowest BCUT2D eigenvalue weighted by Gasteiger charge is -2.14. The van der Waals surface area contributed by atoms with Crippen LogP contribution in [-0.2, 0) is 0 Å². The van der Waals surface area contributed by atoms with E-state index in [2.05, 4.69) is 161 Å². The molecule has 0 radical (unpaired) electrons. The highest BCUT2D eigenvalue weighted by molar-refractivity contribution is 6.16. The Morgan fingerprint density at radius 1 is 0.396 bits per heavy atom. The monoisotopic (exact) mass is 609 g/mol. The van der Waals surface area contributed by atoms with Gasteiger partial charge < -0.3 is 9.13 Å². The van der Waals surface area contributed by atoms with Gasteiger partial charge in [0.2, 0.25) is 0 Å². The number of rotatable bonds is 3. The van der Waals surface area contributed by atoms with Gasteiger partial charge in [-0.1, -0.05) is 115 Å². The predicted molar refractivity (Wildman–Crippen MR) is 200 cm³/mol. The average Bonchev–Trinajstić information content (AvgIpc) is 3.67. The Balaban J connectivity index is 1.27. The van der Waals surface area contributed by atoms with Gasteiger partial charge in [-0.15, -0.1) is 0 Å². The zero-order chi connectivity index (χ0) is 31.8. The second-order valence-electron chi connectivity index (χ2n) is 12.5. The van der Waals surface area contributed by atoms with Crippen LogP contribution in [0.1, 0.15) is 5.56 Å². The van der Waals surface area contributed by atoms with Crippen LogP contribution in [0, 0.1) is 11.3 Å². The maximum atomic E-state index is 9.89. The summed E-state index contributed by atoms with van der Waals surface area (Å²) in [6.07, 6.45) is 0. The lowest BCUT2D eigenvalue weighted by Crippen LogP contribution is -1.96. The van der Waals surface area contributed by atoms with E-state index in [1.807, 2.05) is 18.2 Å². The molecule has 0 aliphatic heterocycles. The Bertz CT molecular complexity index is 2950. The molecule has 0 aliphatic rings. The summed E-state index contributed by atoms with van der Waals surface area (Å²) in [6, 6.07) is 60.9. The highest BCUT2D eigenvalue weighted by atomic mass is 15.0. The molecule has 48 heavy (non-hydrogen) atoms. The molecule has 8 aromatic carbocycles. The third-order valence-electron chi connectivity index (χ3n) is 9.92. The molecule has 2 aromatic heterocycles. The first kappa shape index (κ1) is 26.6. The Kier molecular flexibility index (Phi) is 5.64. The van der Waals surface area contributed by atoms with Crippen molar-refractivity contribution in [1.82, 2.24) is 9.13 Å². The maximum Gasteiger partial charge on any atom is 0.0998 e. The average molecular weight is 610 g/mol. The Labute approximate surface area is 276 Å². The fourth-order valence-electron chi connectivity index (χ4n) is 7.83. The van der Waals surface area contributed by atoms with Crippen molar-refractivity contribution in [2.75, 3.05) is 0 Å². The van der Waals surface area contributed by atoms with Gasteiger partial charge in [0.1, 0.15) is 0 Å². The van der Waals surface area contributed by atoms with E-state index < -0.39 is 0 Å². The third kappa shape index (κ3) is 3.75. The van der Waals surface area contributed by atoms with E-state index in [9.17, 15) is 5.26 Å². The van der Waals surface area contributed by atoms with Crippen molar-refractivity contribution in [3.63, 3.8) is 0 Å². The molecule has 0 spiro atoms. The molecule has 0 amide bonds. The van der Waals surface area contributed by atoms with Crippen LogP contribution in [0.15, 0.2) is 164 Å². The van der Waals surface area contributed by atoms with E-state index in [1.54, 1.807) is 0 Å². The van der Waals surface area contributed by atoms with Gasteiger partial charge in [-0.2, -0.15) is 5.26 Å². The van der Waals surface area contributed by atoms with E-state index in [1.165, 1.54) is 49.2 Å². The third-order valence-corrected chi connectivity index (χ3v) is 9.92. The summed E-state index contributed by atoms with van der Waals surface area (Å²) in [5.41, 5.74) is 10.0. The minimum Gasteiger partial charge on any atom is -0.309 e. The molecule has 0 saturated carbocycles. The number of aromatic nitrogens is 2. The van der Waals surface area contributed by atoms with Gasteiger partial charge in [-0.25, -0.2) is 0 Å². The number of hydrogen-bond donors (Lipinski definition) is 0. The molecule has 0 bridgehead atoms. The smallest absolute Gasteiger partial charge is 0.0998 e. The van der Waals surface area contributed by atoms with Crippen molar-refractivity contribution < 1.29 is 0 Å². The molecule has 0 unspecified atom stereocenters. The molecular weight excluding hydrogens is 583 g/mol. The van der Waals surface area contributed by atoms with Crippen molar-refractivity contribution in [2.45, 2.75) is 0 Å². The SMILES string of the molecule is N#Cc1cc2ccc(-n3c4ccccc4c4ccc(-c5cccc6c7ccccc7n(-c7ccccc7)c56)cc43)cc2c2ccccc12. The molecule has 3 nitrogen and oxygen atoms in total. The highest BCUT2D eigenvalue weighted by Gasteiger charge is 2.19. The minimum atomic E-state index is 0.703. The van der Waals surface area contributed by atoms with Crippen molar-refractivity contribution in [2.24, 2.45) is 0 Å². The zero-order valence-corrected chi connectivity index (χ0v) is 25.9. The first-order valence-electron chi connectivity index (χ1n) is 16.3. The second-order valence-corrected chi connectivity index (χ2v) is 12.5. The lowest BCUT2D eigenvalue weighted by atomic mass is 9.97. The summed E-state index contributed by atoms with van der Waals surface area (Å²) in [6.45, 7) is 0. The summed E-state index contributed by atoms with van der Waals surface area (Å²) in [5.74, 6) is 0. The Morgan fingerprint density at radius 3 is 1.83 bits per heavy atom. The van der Waals surface area contributed by atoms with Crippen molar-refractivity contribution in [3.05, 3.63) is 169 Å². The lowest BCUT2D eigenvalue weighted by molar-refractivity contribution is 1.18. The topological polar surface area (TPSA) is 33.6 Å². The summed E-state index contributed by atoms with van der Waals surface area (Å²) < 4.78 is 4.80. The first-order chi connectivity index (χ1) is 23.8. The van der Waals surface area contributed by atoms with Crippen LogP contribution in [-0.4, -0.2) is 9.13 Å². The molecule has 10 aromatic rings. The molecule has 2 heterocycles. The van der Waals surface area contributed by atoms with Crippen LogP contribution in [0.4, 0.5) is 0 Å². The largest absolute Gasteiger partial charge is 0.309 e. The molecule has 0 saturated heterocycles. The number of benzene rings is 8. The number of fused-ring (bicyclic) bond motifs is 9. The van der Waals surface area contributed by atoms with Crippen LogP contribution in [0.2, 0.25) is 0 Å². The van der Waals surface area contributed by atoms with Crippen LogP contribution in [0.3, 0.4) is 0 Å². The number of nitriles is 1. The number of hydrogen-bond acceptors (Lipinski definition) is 1. The fraction of sp³-hybridized carbons (Fsp3) is 0. The van der Waals surface area contributed by atoms with E-state index in [4.69, 9.17) is 0 Å². The van der Waals surface area contributed by atoms with Crippen molar-refractivity contribution in [1.29, 1.82) is 5.26 Å². The number of para-hydroxylation sites is 4. The Morgan fingerprint density at radius 2 is 1.04 bits per heavy atom. The predicted octanol–water partition coefficient (Wildman–Crippen LogP) is 11.7. The molecule has 0 N–H and O–H groups in total. The molecule has 0 atom stereocenters. The standard InChI is InChI=1S/C45H27N3/c46-28-31-25-29-21-23-33(27-41(29)36-14-5-4-13-34(31)36)47-42-19-8-6-15-37(42)39-24-22-30(26-44(39)47)35-17-10-18-40-38-16-7-9-20-43(38)48(45(35)40)32-11-2-1-3-12-32/h1-27H. The molecule has 10 rings (SSSR count). The van der Waals surface area contributed by atoms with E-state index in [-0.39, 0.29) is 0 Å². The maximum absolute atomic E-state index is 9.89. The van der Waals surface area contributed by atoms with Crippen LogP contribution in [0.5, 0.6) is 0 Å². The van der Waals surface area contributed by atoms with Crippen LogP contribution in [0.25, 0.3) is 87.7 Å². The first-order valence-corrected chi connectivity index (χ1v) is 16.3. The van der Waals surface area contributed by atoms with Gasteiger partial charge in [0.15, 0.2) is 0 Å². The van der Waals surface area contributed by atoms with Gasteiger partial charge >= 0.3 is 0 Å². The number of nitrogens with zero attached hydrogens (tertiary/aromatic N) is 3. The van der Waals surface area contributed by atoms with E-state index >= 15 is 0 Å². The van der Waals surface area contributed by atoms with Crippen LogP contribution < -0.4 is 0 Å². The van der Waals surface area contributed by atoms with E-state index in [0.717, 1.165) is 38.4 Å². The van der Waals surface area contributed by atoms with Gasteiger partial charge in [0.05, 0.1) is 33.7 Å². The normalized spacial score (nSPS) is 11.7. The van der Waals surface area contributed by atoms with Crippen LogP contribution >= 0.6 is 0 Å². The molecule has 222 valence electrons. The van der Waals surface area contributed by atoms with Gasteiger partial charge in [-0.3, -0.25) is 0 Å². The van der Waals surface area contributed by atoms with Gasteiger partial charge in [0, 0.05) is 43.9 Å². The summed E-state index contributed by atoms with van der Waals surface area (Å²) in [7, 11) is 0. The van der Waals surface area contributed by atoms with Gasteiger partial charge in [-0.05, 0) is 70.3 Å². The Hall–Kier alpha value is -6.63. The minimum absolute atomic E-state index is 0.703. The quantitative estimate of drug-likeness (QED) is 0.183. The van der Waals surface area contributed by atoms with Crippen molar-refractivity contribution in [3.8, 4) is 28.6 Å². The van der Waals surface area contributed by atoms with Gasteiger partial charge in [0.25, 0.3) is 0 Å². The zero-order valence-electron chi connectivity index (χ0n) is 25.9. The van der Waals surface area contributed by atoms with Crippen molar-refractivity contribution >= 4 is 65.2 Å². The van der Waals surface area contributed by atoms with E-state index in [0.29, 0.717) is 5.56 Å². The molecular formula is C45H27N3. The second kappa shape index (κ2) is 10.2. The molecule has 3 heteroatoms.